The van der Waals surface area contributed by atoms with Crippen molar-refractivity contribution >= 4 is 28.6 Å². The fraction of sp³-hybridized carbons (Fsp3) is 0.308. The fourth-order valence-electron chi connectivity index (χ4n) is 4.11. The first-order valence-electron chi connectivity index (χ1n) is 11.7. The summed E-state index contributed by atoms with van der Waals surface area (Å²) < 4.78 is 0. The van der Waals surface area contributed by atoms with Gasteiger partial charge in [0.1, 0.15) is 0 Å². The van der Waals surface area contributed by atoms with Crippen LogP contribution < -0.4 is 15.1 Å². The van der Waals surface area contributed by atoms with Gasteiger partial charge in [0.2, 0.25) is 5.95 Å². The molecule has 0 amide bonds. The molecule has 1 aliphatic heterocycles. The van der Waals surface area contributed by atoms with Crippen molar-refractivity contribution in [2.24, 2.45) is 0 Å². The first-order valence-corrected chi connectivity index (χ1v) is 11.7. The summed E-state index contributed by atoms with van der Waals surface area (Å²) in [6.45, 7) is 5.20. The first kappa shape index (κ1) is 22.0. The number of para-hydroxylation sites is 1. The number of rotatable bonds is 7. The molecule has 2 aromatic carbocycles. The summed E-state index contributed by atoms with van der Waals surface area (Å²) in [5, 5.41) is 3.46. The summed E-state index contributed by atoms with van der Waals surface area (Å²) in [7, 11) is 4.12. The van der Waals surface area contributed by atoms with E-state index in [-0.39, 0.29) is 0 Å². The smallest absolute Gasteiger partial charge is 0.229 e. The summed E-state index contributed by atoms with van der Waals surface area (Å²) in [5.74, 6) is 1.44. The number of aromatic nitrogens is 4. The van der Waals surface area contributed by atoms with Crippen LogP contribution in [-0.2, 0) is 0 Å². The Morgan fingerprint density at radius 2 is 1.50 bits per heavy atom. The number of anilines is 3. The molecule has 0 spiro atoms. The van der Waals surface area contributed by atoms with Crippen LogP contribution in [0.5, 0.6) is 0 Å². The largest absolute Gasteiger partial charge is 0.368 e. The zero-order chi connectivity index (χ0) is 23.3. The molecule has 0 radical (unpaired) electrons. The molecule has 2 aromatic heterocycles. The van der Waals surface area contributed by atoms with Crippen molar-refractivity contribution in [1.82, 2.24) is 24.8 Å². The van der Waals surface area contributed by atoms with Crippen molar-refractivity contribution in [3.05, 3.63) is 66.9 Å². The van der Waals surface area contributed by atoms with Crippen LogP contribution in [0.3, 0.4) is 0 Å². The highest BCUT2D eigenvalue weighted by Crippen LogP contribution is 2.25. The van der Waals surface area contributed by atoms with Crippen LogP contribution in [0.4, 0.5) is 17.5 Å². The van der Waals surface area contributed by atoms with E-state index in [0.29, 0.717) is 17.1 Å². The standard InChI is InChI=1S/C26H30N8/c1-32(2)14-13-27-24-23-25(29-22(19-28-23)20-9-5-3-6-10-20)31-26(30-24)34-17-15-33(16-18-34)21-11-7-4-8-12-21/h3-12,19H,13-18H2,1-2H3,(H,27,29,30,31). The molecule has 1 fully saturated rings. The predicted molar refractivity (Wildman–Crippen MR) is 138 cm³/mol. The van der Waals surface area contributed by atoms with Gasteiger partial charge in [-0.3, -0.25) is 0 Å². The van der Waals surface area contributed by atoms with E-state index in [4.69, 9.17) is 19.9 Å². The number of nitrogens with one attached hydrogen (secondary N) is 1. The van der Waals surface area contributed by atoms with Crippen LogP contribution in [0.25, 0.3) is 22.4 Å². The third-order valence-corrected chi connectivity index (χ3v) is 6.00. The van der Waals surface area contributed by atoms with Crippen LogP contribution >= 0.6 is 0 Å². The van der Waals surface area contributed by atoms with Crippen LogP contribution in [0.15, 0.2) is 66.9 Å². The Labute approximate surface area is 200 Å². The van der Waals surface area contributed by atoms with E-state index in [9.17, 15) is 0 Å². The molecular weight excluding hydrogens is 424 g/mol. The summed E-state index contributed by atoms with van der Waals surface area (Å²) in [5.41, 5.74) is 4.40. The first-order chi connectivity index (χ1) is 16.7. The number of piperazine rings is 1. The SMILES string of the molecule is CN(C)CCNc1nc(N2CCN(c3ccccc3)CC2)nc2nc(-c3ccccc3)cnc12. The Balaban J connectivity index is 1.44. The van der Waals surface area contributed by atoms with Crippen molar-refractivity contribution in [2.75, 3.05) is 68.5 Å². The average Bonchev–Trinajstić information content (AvgIpc) is 2.89. The molecule has 0 unspecified atom stereocenters. The van der Waals surface area contributed by atoms with Gasteiger partial charge >= 0.3 is 0 Å². The minimum absolute atomic E-state index is 0.615. The summed E-state index contributed by atoms with van der Waals surface area (Å²) in [6, 6.07) is 20.6. The van der Waals surface area contributed by atoms with Crippen molar-refractivity contribution in [3.8, 4) is 11.3 Å². The minimum atomic E-state index is 0.615. The molecule has 174 valence electrons. The van der Waals surface area contributed by atoms with E-state index in [0.717, 1.165) is 56.3 Å². The third kappa shape index (κ3) is 4.92. The number of fused-ring (bicyclic) bond motifs is 1. The number of nitrogens with zero attached hydrogens (tertiary/aromatic N) is 7. The maximum Gasteiger partial charge on any atom is 0.229 e. The van der Waals surface area contributed by atoms with Crippen molar-refractivity contribution in [3.63, 3.8) is 0 Å². The number of benzene rings is 2. The normalized spacial score (nSPS) is 14.1. The second-order valence-electron chi connectivity index (χ2n) is 8.71. The monoisotopic (exact) mass is 454 g/mol. The van der Waals surface area contributed by atoms with Gasteiger partial charge in [-0.1, -0.05) is 48.5 Å². The van der Waals surface area contributed by atoms with E-state index in [1.807, 2.05) is 30.3 Å². The second kappa shape index (κ2) is 10.0. The van der Waals surface area contributed by atoms with E-state index in [1.54, 1.807) is 6.20 Å². The second-order valence-corrected chi connectivity index (χ2v) is 8.71. The van der Waals surface area contributed by atoms with Crippen molar-refractivity contribution < 1.29 is 0 Å². The van der Waals surface area contributed by atoms with Crippen molar-refractivity contribution in [2.45, 2.75) is 0 Å². The quantitative estimate of drug-likeness (QED) is 0.456. The summed E-state index contributed by atoms with van der Waals surface area (Å²) in [6.07, 6.45) is 1.80. The zero-order valence-electron chi connectivity index (χ0n) is 19.7. The number of hydrogen-bond donors (Lipinski definition) is 1. The van der Waals surface area contributed by atoms with Crippen LogP contribution in [-0.4, -0.2) is 78.2 Å². The van der Waals surface area contributed by atoms with Crippen LogP contribution in [0, 0.1) is 0 Å². The molecule has 5 rings (SSSR count). The Morgan fingerprint density at radius 1 is 0.824 bits per heavy atom. The van der Waals surface area contributed by atoms with Gasteiger partial charge in [0.05, 0.1) is 11.9 Å². The fourth-order valence-corrected chi connectivity index (χ4v) is 4.11. The van der Waals surface area contributed by atoms with Gasteiger partial charge in [0, 0.05) is 50.5 Å². The van der Waals surface area contributed by atoms with Crippen molar-refractivity contribution in [1.29, 1.82) is 0 Å². The Kier molecular flexibility index (Phi) is 6.49. The highest BCUT2D eigenvalue weighted by molar-refractivity contribution is 5.85. The van der Waals surface area contributed by atoms with Crippen LogP contribution in [0.1, 0.15) is 0 Å². The average molecular weight is 455 g/mol. The van der Waals surface area contributed by atoms with Gasteiger partial charge in [-0.25, -0.2) is 9.97 Å². The third-order valence-electron chi connectivity index (χ3n) is 6.00. The molecule has 1 N–H and O–H groups in total. The van der Waals surface area contributed by atoms with E-state index < -0.39 is 0 Å². The number of hydrogen-bond acceptors (Lipinski definition) is 8. The topological polar surface area (TPSA) is 73.3 Å². The lowest BCUT2D eigenvalue weighted by Crippen LogP contribution is -2.47. The van der Waals surface area contributed by atoms with Gasteiger partial charge in [-0.15, -0.1) is 0 Å². The lowest BCUT2D eigenvalue weighted by Gasteiger charge is -2.36. The van der Waals surface area contributed by atoms with E-state index >= 15 is 0 Å². The molecule has 34 heavy (non-hydrogen) atoms. The lowest BCUT2D eigenvalue weighted by atomic mass is 10.2. The molecule has 3 heterocycles. The molecule has 4 aromatic rings. The van der Waals surface area contributed by atoms with E-state index in [1.165, 1.54) is 5.69 Å². The molecule has 0 aliphatic carbocycles. The molecule has 1 aliphatic rings. The zero-order valence-corrected chi connectivity index (χ0v) is 19.7. The van der Waals surface area contributed by atoms with Gasteiger partial charge in [0.15, 0.2) is 17.0 Å². The Bertz CT molecular complexity index is 1220. The predicted octanol–water partition coefficient (Wildman–Crippen LogP) is 3.39. The van der Waals surface area contributed by atoms with Gasteiger partial charge in [0.25, 0.3) is 0 Å². The highest BCUT2D eigenvalue weighted by Gasteiger charge is 2.21. The maximum absolute atomic E-state index is 4.89. The lowest BCUT2D eigenvalue weighted by molar-refractivity contribution is 0.425. The maximum atomic E-state index is 4.89. The molecule has 0 saturated carbocycles. The minimum Gasteiger partial charge on any atom is -0.368 e. The number of likely N-dealkylation sites (N-methyl/N-ethyl adjacent to an activating group) is 1. The molecule has 1 saturated heterocycles. The molecule has 0 bridgehead atoms. The molecule has 8 heteroatoms. The summed E-state index contributed by atoms with van der Waals surface area (Å²) >= 11 is 0. The van der Waals surface area contributed by atoms with Gasteiger partial charge in [-0.05, 0) is 26.2 Å². The van der Waals surface area contributed by atoms with Gasteiger partial charge < -0.3 is 20.0 Å². The molecular formula is C26H30N8. The Hall–Kier alpha value is -3.78. The Morgan fingerprint density at radius 3 is 2.21 bits per heavy atom. The van der Waals surface area contributed by atoms with Crippen LogP contribution in [0.2, 0.25) is 0 Å². The summed E-state index contributed by atoms with van der Waals surface area (Å²) in [4.78, 5) is 26.1. The molecule has 8 nitrogen and oxygen atoms in total. The highest BCUT2D eigenvalue weighted by atomic mass is 15.3. The van der Waals surface area contributed by atoms with Gasteiger partial charge in [-0.2, -0.15) is 9.97 Å². The van der Waals surface area contributed by atoms with E-state index in [2.05, 4.69) is 64.4 Å². The molecule has 0 atom stereocenters.